The smallest absolute Gasteiger partial charge is 0.212 e. The Morgan fingerprint density at radius 1 is 1.50 bits per heavy atom. The number of hydrogen-bond acceptors (Lipinski definition) is 2. The van der Waals surface area contributed by atoms with E-state index in [4.69, 9.17) is 11.6 Å². The topological polar surface area (TPSA) is 37.4 Å². The standard InChI is InChI=1S/C9H18ClNO2S/c1-2-3-7-14(12,13)11-6-4-5-9(11)8-10/h9H,2-8H2,1H3. The lowest BCUT2D eigenvalue weighted by atomic mass is 10.3. The third kappa shape index (κ3) is 2.84. The third-order valence-corrected chi connectivity index (χ3v) is 4.97. The summed E-state index contributed by atoms with van der Waals surface area (Å²) in [6.45, 7) is 2.65. The van der Waals surface area contributed by atoms with E-state index in [1.807, 2.05) is 6.92 Å². The molecule has 0 radical (unpaired) electrons. The number of alkyl halides is 1. The van der Waals surface area contributed by atoms with Crippen LogP contribution < -0.4 is 0 Å². The molecule has 84 valence electrons. The van der Waals surface area contributed by atoms with Crippen LogP contribution in [0.1, 0.15) is 32.6 Å². The molecular formula is C9H18ClNO2S. The largest absolute Gasteiger partial charge is 0.214 e. The van der Waals surface area contributed by atoms with Crippen molar-refractivity contribution in [3.05, 3.63) is 0 Å². The van der Waals surface area contributed by atoms with Crippen LogP contribution in [0.3, 0.4) is 0 Å². The molecule has 0 saturated carbocycles. The van der Waals surface area contributed by atoms with Crippen LogP contribution in [0, 0.1) is 0 Å². The molecule has 0 amide bonds. The molecule has 14 heavy (non-hydrogen) atoms. The maximum atomic E-state index is 11.8. The van der Waals surface area contributed by atoms with Gasteiger partial charge in [0.05, 0.1) is 5.75 Å². The Hall–Kier alpha value is 0.200. The first kappa shape index (κ1) is 12.3. The normalized spacial score (nSPS) is 24.3. The Morgan fingerprint density at radius 2 is 2.21 bits per heavy atom. The van der Waals surface area contributed by atoms with Crippen LogP contribution in [-0.2, 0) is 10.0 Å². The van der Waals surface area contributed by atoms with Gasteiger partial charge in [-0.2, -0.15) is 4.31 Å². The zero-order chi connectivity index (χ0) is 10.6. The van der Waals surface area contributed by atoms with Gasteiger partial charge in [0.1, 0.15) is 0 Å². The van der Waals surface area contributed by atoms with Crippen LogP contribution in [0.2, 0.25) is 0 Å². The summed E-state index contributed by atoms with van der Waals surface area (Å²) < 4.78 is 25.2. The minimum absolute atomic E-state index is 0.0403. The average molecular weight is 240 g/mol. The minimum Gasteiger partial charge on any atom is -0.212 e. The van der Waals surface area contributed by atoms with Gasteiger partial charge in [-0.3, -0.25) is 0 Å². The number of halogens is 1. The van der Waals surface area contributed by atoms with Gasteiger partial charge in [0.25, 0.3) is 0 Å². The van der Waals surface area contributed by atoms with Gasteiger partial charge in [-0.1, -0.05) is 13.3 Å². The van der Waals surface area contributed by atoms with Crippen molar-refractivity contribution in [2.75, 3.05) is 18.2 Å². The molecule has 1 saturated heterocycles. The van der Waals surface area contributed by atoms with E-state index < -0.39 is 10.0 Å². The molecule has 0 aromatic rings. The summed E-state index contributed by atoms with van der Waals surface area (Å²) in [4.78, 5) is 0. The lowest BCUT2D eigenvalue weighted by Crippen LogP contribution is -2.38. The van der Waals surface area contributed by atoms with Gasteiger partial charge in [0.15, 0.2) is 0 Å². The van der Waals surface area contributed by atoms with E-state index in [2.05, 4.69) is 0 Å². The second-order valence-electron chi connectivity index (χ2n) is 3.73. The van der Waals surface area contributed by atoms with Crippen molar-refractivity contribution in [2.24, 2.45) is 0 Å². The first-order chi connectivity index (χ1) is 6.61. The van der Waals surface area contributed by atoms with Crippen LogP contribution >= 0.6 is 11.6 Å². The van der Waals surface area contributed by atoms with Crippen molar-refractivity contribution in [2.45, 2.75) is 38.6 Å². The molecule has 0 aromatic carbocycles. The number of sulfonamides is 1. The molecule has 1 unspecified atom stereocenters. The van der Waals surface area contributed by atoms with E-state index in [0.717, 1.165) is 25.7 Å². The second-order valence-corrected chi connectivity index (χ2v) is 6.08. The van der Waals surface area contributed by atoms with Crippen molar-refractivity contribution in [1.29, 1.82) is 0 Å². The number of unbranched alkanes of at least 4 members (excludes halogenated alkanes) is 1. The molecule has 1 heterocycles. The van der Waals surface area contributed by atoms with Gasteiger partial charge in [0, 0.05) is 18.5 Å². The molecule has 5 heteroatoms. The fourth-order valence-corrected chi connectivity index (χ4v) is 4.11. The molecule has 1 aliphatic heterocycles. The lowest BCUT2D eigenvalue weighted by molar-refractivity contribution is 0.410. The Balaban J connectivity index is 2.61. The van der Waals surface area contributed by atoms with Gasteiger partial charge >= 0.3 is 0 Å². The molecule has 0 aromatic heterocycles. The van der Waals surface area contributed by atoms with Crippen LogP contribution in [-0.4, -0.2) is 36.9 Å². The summed E-state index contributed by atoms with van der Waals surface area (Å²) in [7, 11) is -3.03. The summed E-state index contributed by atoms with van der Waals surface area (Å²) in [6.07, 6.45) is 3.52. The van der Waals surface area contributed by atoms with E-state index in [1.165, 1.54) is 0 Å². The van der Waals surface area contributed by atoms with Crippen molar-refractivity contribution in [1.82, 2.24) is 4.31 Å². The average Bonchev–Trinajstić information content (AvgIpc) is 2.63. The zero-order valence-electron chi connectivity index (χ0n) is 8.58. The summed E-state index contributed by atoms with van der Waals surface area (Å²) in [5, 5.41) is 0. The van der Waals surface area contributed by atoms with Crippen LogP contribution in [0.15, 0.2) is 0 Å². The van der Waals surface area contributed by atoms with E-state index in [0.29, 0.717) is 12.4 Å². The summed E-state index contributed by atoms with van der Waals surface area (Å²) >= 11 is 5.74. The fraction of sp³-hybridized carbons (Fsp3) is 1.00. The van der Waals surface area contributed by atoms with E-state index in [1.54, 1.807) is 4.31 Å². The van der Waals surface area contributed by atoms with Crippen LogP contribution in [0.4, 0.5) is 0 Å². The minimum atomic E-state index is -3.03. The quantitative estimate of drug-likeness (QED) is 0.687. The molecule has 0 spiro atoms. The SMILES string of the molecule is CCCCS(=O)(=O)N1CCCC1CCl. The second kappa shape index (κ2) is 5.33. The van der Waals surface area contributed by atoms with Crippen molar-refractivity contribution < 1.29 is 8.42 Å². The molecule has 1 atom stereocenters. The monoisotopic (exact) mass is 239 g/mol. The molecule has 0 aliphatic carbocycles. The predicted octanol–water partition coefficient (Wildman–Crippen LogP) is 1.82. The maximum absolute atomic E-state index is 11.8. The van der Waals surface area contributed by atoms with Crippen LogP contribution in [0.5, 0.6) is 0 Å². The van der Waals surface area contributed by atoms with Crippen molar-refractivity contribution in [3.8, 4) is 0 Å². The fourth-order valence-electron chi connectivity index (χ4n) is 1.77. The highest BCUT2D eigenvalue weighted by atomic mass is 35.5. The highest BCUT2D eigenvalue weighted by Gasteiger charge is 2.32. The van der Waals surface area contributed by atoms with Gasteiger partial charge in [-0.25, -0.2) is 8.42 Å². The van der Waals surface area contributed by atoms with E-state index in [9.17, 15) is 8.42 Å². The number of hydrogen-bond donors (Lipinski definition) is 0. The van der Waals surface area contributed by atoms with Crippen LogP contribution in [0.25, 0.3) is 0 Å². The first-order valence-corrected chi connectivity index (χ1v) is 7.31. The van der Waals surface area contributed by atoms with Gasteiger partial charge in [0.2, 0.25) is 10.0 Å². The molecule has 0 bridgehead atoms. The Labute approximate surface area is 91.5 Å². The molecular weight excluding hydrogens is 222 g/mol. The van der Waals surface area contributed by atoms with Crippen molar-refractivity contribution >= 4 is 21.6 Å². The highest BCUT2D eigenvalue weighted by molar-refractivity contribution is 7.89. The third-order valence-electron chi connectivity index (χ3n) is 2.61. The number of rotatable bonds is 5. The van der Waals surface area contributed by atoms with E-state index >= 15 is 0 Å². The molecule has 3 nitrogen and oxygen atoms in total. The summed E-state index contributed by atoms with van der Waals surface area (Å²) in [6, 6.07) is 0.0403. The molecule has 1 rings (SSSR count). The highest BCUT2D eigenvalue weighted by Crippen LogP contribution is 2.22. The zero-order valence-corrected chi connectivity index (χ0v) is 10.1. The Bertz CT molecular complexity index is 266. The van der Waals surface area contributed by atoms with Gasteiger partial charge < -0.3 is 0 Å². The molecule has 1 aliphatic rings. The Morgan fingerprint density at radius 3 is 2.79 bits per heavy atom. The molecule has 0 N–H and O–H groups in total. The lowest BCUT2D eigenvalue weighted by Gasteiger charge is -2.22. The van der Waals surface area contributed by atoms with Gasteiger partial charge in [-0.15, -0.1) is 11.6 Å². The summed E-state index contributed by atoms with van der Waals surface area (Å²) in [5.41, 5.74) is 0. The predicted molar refractivity (Wildman–Crippen MR) is 59.1 cm³/mol. The first-order valence-electron chi connectivity index (χ1n) is 5.17. The Kier molecular flexibility index (Phi) is 4.67. The maximum Gasteiger partial charge on any atom is 0.214 e. The molecule has 1 fully saturated rings. The van der Waals surface area contributed by atoms with E-state index in [-0.39, 0.29) is 11.8 Å². The van der Waals surface area contributed by atoms with Crippen molar-refractivity contribution in [3.63, 3.8) is 0 Å². The van der Waals surface area contributed by atoms with Gasteiger partial charge in [-0.05, 0) is 19.3 Å². The number of nitrogens with zero attached hydrogens (tertiary/aromatic N) is 1. The summed E-state index contributed by atoms with van der Waals surface area (Å²) in [5.74, 6) is 0.697.